The summed E-state index contributed by atoms with van der Waals surface area (Å²) in [7, 11) is 2.06. The Bertz CT molecular complexity index is 461. The molecule has 4 heteroatoms. The fourth-order valence-electron chi connectivity index (χ4n) is 2.74. The number of carboxylic acid groups (broad SMARTS) is 1. The highest BCUT2D eigenvalue weighted by Crippen LogP contribution is 2.27. The summed E-state index contributed by atoms with van der Waals surface area (Å²) in [6.45, 7) is 5.93. The predicted octanol–water partition coefficient (Wildman–Crippen LogP) is 1.98. The molecule has 2 rings (SSSR count). The second-order valence-electron chi connectivity index (χ2n) is 5.48. The van der Waals surface area contributed by atoms with Gasteiger partial charge in [0.05, 0.1) is 12.5 Å². The number of aryl methyl sites for hydroxylation is 1. The molecule has 0 amide bonds. The maximum atomic E-state index is 11.1. The summed E-state index contributed by atoms with van der Waals surface area (Å²) in [6, 6.07) is 8.68. The van der Waals surface area contributed by atoms with Crippen molar-refractivity contribution in [3.63, 3.8) is 0 Å². The Morgan fingerprint density at radius 1 is 1.37 bits per heavy atom. The van der Waals surface area contributed by atoms with Gasteiger partial charge < -0.3 is 10.0 Å². The van der Waals surface area contributed by atoms with Gasteiger partial charge in [-0.3, -0.25) is 9.69 Å². The zero-order valence-electron chi connectivity index (χ0n) is 11.8. The summed E-state index contributed by atoms with van der Waals surface area (Å²) >= 11 is 0. The van der Waals surface area contributed by atoms with Gasteiger partial charge >= 0.3 is 5.97 Å². The normalized spacial score (nSPS) is 24.5. The maximum Gasteiger partial charge on any atom is 0.305 e. The first-order chi connectivity index (χ1) is 8.99. The van der Waals surface area contributed by atoms with Gasteiger partial charge in [-0.05, 0) is 32.5 Å². The van der Waals surface area contributed by atoms with Gasteiger partial charge in [0, 0.05) is 24.8 Å². The third kappa shape index (κ3) is 3.07. The maximum absolute atomic E-state index is 11.1. The zero-order valence-corrected chi connectivity index (χ0v) is 11.8. The van der Waals surface area contributed by atoms with E-state index in [9.17, 15) is 4.79 Å². The van der Waals surface area contributed by atoms with E-state index in [0.717, 1.165) is 18.8 Å². The molecule has 1 aliphatic rings. The molecule has 0 bridgehead atoms. The number of nitrogens with zero attached hydrogens (tertiary/aromatic N) is 2. The van der Waals surface area contributed by atoms with Gasteiger partial charge in [0.2, 0.25) is 0 Å². The topological polar surface area (TPSA) is 43.8 Å². The average molecular weight is 262 g/mol. The molecule has 0 aromatic heterocycles. The van der Waals surface area contributed by atoms with E-state index in [1.165, 1.54) is 5.56 Å². The van der Waals surface area contributed by atoms with Gasteiger partial charge in [-0.1, -0.05) is 18.2 Å². The molecule has 1 fully saturated rings. The highest BCUT2D eigenvalue weighted by molar-refractivity contribution is 5.69. The van der Waals surface area contributed by atoms with Gasteiger partial charge in [0.1, 0.15) is 0 Å². The van der Waals surface area contributed by atoms with Crippen molar-refractivity contribution in [1.29, 1.82) is 0 Å². The van der Waals surface area contributed by atoms with E-state index in [4.69, 9.17) is 5.11 Å². The minimum atomic E-state index is -0.730. The van der Waals surface area contributed by atoms with Crippen LogP contribution in [0.5, 0.6) is 0 Å². The quantitative estimate of drug-likeness (QED) is 0.904. The lowest BCUT2D eigenvalue weighted by Crippen LogP contribution is -2.57. The smallest absolute Gasteiger partial charge is 0.305 e. The van der Waals surface area contributed by atoms with E-state index in [1.54, 1.807) is 0 Å². The van der Waals surface area contributed by atoms with Crippen LogP contribution in [0.25, 0.3) is 0 Å². The van der Waals surface area contributed by atoms with E-state index in [2.05, 4.69) is 42.8 Å². The van der Waals surface area contributed by atoms with Gasteiger partial charge in [-0.2, -0.15) is 0 Å². The van der Waals surface area contributed by atoms with Crippen LogP contribution in [0.4, 0.5) is 5.69 Å². The van der Waals surface area contributed by atoms with Crippen LogP contribution in [0.1, 0.15) is 18.9 Å². The van der Waals surface area contributed by atoms with Crippen LogP contribution in [-0.4, -0.2) is 48.2 Å². The van der Waals surface area contributed by atoms with Crippen LogP contribution >= 0.6 is 0 Å². The molecular weight excluding hydrogens is 240 g/mol. The van der Waals surface area contributed by atoms with E-state index < -0.39 is 5.97 Å². The summed E-state index contributed by atoms with van der Waals surface area (Å²) < 4.78 is 0. The molecule has 2 unspecified atom stereocenters. The van der Waals surface area contributed by atoms with Crippen molar-refractivity contribution in [1.82, 2.24) is 4.90 Å². The van der Waals surface area contributed by atoms with Crippen LogP contribution in [0.3, 0.4) is 0 Å². The van der Waals surface area contributed by atoms with Crippen LogP contribution in [0.2, 0.25) is 0 Å². The van der Waals surface area contributed by atoms with Gasteiger partial charge in [-0.15, -0.1) is 0 Å². The van der Waals surface area contributed by atoms with Crippen molar-refractivity contribution < 1.29 is 9.90 Å². The number of carboxylic acids is 1. The average Bonchev–Trinajstić information content (AvgIpc) is 2.34. The number of anilines is 1. The molecule has 0 aliphatic carbocycles. The van der Waals surface area contributed by atoms with Crippen molar-refractivity contribution >= 4 is 11.7 Å². The first kappa shape index (κ1) is 13.9. The highest BCUT2D eigenvalue weighted by atomic mass is 16.4. The minimum Gasteiger partial charge on any atom is -0.481 e. The number of hydrogen-bond donors (Lipinski definition) is 1. The van der Waals surface area contributed by atoms with Crippen LogP contribution in [0, 0.1) is 6.92 Å². The monoisotopic (exact) mass is 262 g/mol. The van der Waals surface area contributed by atoms with Crippen molar-refractivity contribution in [2.75, 3.05) is 25.0 Å². The van der Waals surface area contributed by atoms with E-state index in [-0.39, 0.29) is 12.5 Å². The third-order valence-corrected chi connectivity index (χ3v) is 3.99. The molecule has 1 heterocycles. The fourth-order valence-corrected chi connectivity index (χ4v) is 2.74. The van der Waals surface area contributed by atoms with E-state index in [0.29, 0.717) is 6.04 Å². The Labute approximate surface area is 114 Å². The summed E-state index contributed by atoms with van der Waals surface area (Å²) in [6.07, 6.45) is 0.186. The number of para-hydroxylation sites is 1. The van der Waals surface area contributed by atoms with Crippen molar-refractivity contribution in [2.24, 2.45) is 0 Å². The number of carbonyl (C=O) groups is 1. The lowest BCUT2D eigenvalue weighted by atomic mass is 10.0. The number of benzene rings is 1. The molecule has 0 radical (unpaired) electrons. The van der Waals surface area contributed by atoms with E-state index in [1.807, 2.05) is 12.1 Å². The molecule has 104 valence electrons. The molecule has 1 N–H and O–H groups in total. The van der Waals surface area contributed by atoms with Crippen LogP contribution < -0.4 is 4.90 Å². The zero-order chi connectivity index (χ0) is 14.0. The fraction of sp³-hybridized carbons (Fsp3) is 0.533. The number of piperazine rings is 1. The molecule has 1 aromatic carbocycles. The Balaban J connectivity index is 2.28. The Hall–Kier alpha value is -1.55. The van der Waals surface area contributed by atoms with Crippen LogP contribution in [0.15, 0.2) is 24.3 Å². The second kappa shape index (κ2) is 5.61. The Morgan fingerprint density at radius 2 is 2.05 bits per heavy atom. The lowest BCUT2D eigenvalue weighted by molar-refractivity contribution is -0.137. The van der Waals surface area contributed by atoms with Crippen molar-refractivity contribution in [3.8, 4) is 0 Å². The number of rotatable bonds is 3. The third-order valence-electron chi connectivity index (χ3n) is 3.99. The van der Waals surface area contributed by atoms with Crippen molar-refractivity contribution in [3.05, 3.63) is 29.8 Å². The summed E-state index contributed by atoms with van der Waals surface area (Å²) in [5.41, 5.74) is 2.36. The summed E-state index contributed by atoms with van der Waals surface area (Å²) in [4.78, 5) is 15.6. The molecule has 0 saturated carbocycles. The van der Waals surface area contributed by atoms with Gasteiger partial charge in [-0.25, -0.2) is 0 Å². The van der Waals surface area contributed by atoms with E-state index >= 15 is 0 Å². The first-order valence-corrected chi connectivity index (χ1v) is 6.73. The summed E-state index contributed by atoms with van der Waals surface area (Å²) in [5.74, 6) is -0.730. The molecular formula is C15H22N2O2. The molecule has 1 aliphatic heterocycles. The molecule has 19 heavy (non-hydrogen) atoms. The number of hydrogen-bond acceptors (Lipinski definition) is 3. The Morgan fingerprint density at radius 3 is 2.68 bits per heavy atom. The summed E-state index contributed by atoms with van der Waals surface area (Å²) in [5, 5.41) is 9.11. The Kier molecular flexibility index (Phi) is 4.10. The lowest BCUT2D eigenvalue weighted by Gasteiger charge is -2.45. The number of aliphatic carboxylic acids is 1. The minimum absolute atomic E-state index is 0.0415. The van der Waals surface area contributed by atoms with Gasteiger partial charge in [0.25, 0.3) is 0 Å². The number of likely N-dealkylation sites (N-methyl/N-ethyl adjacent to an activating group) is 1. The highest BCUT2D eigenvalue weighted by Gasteiger charge is 2.31. The predicted molar refractivity (Wildman–Crippen MR) is 76.7 cm³/mol. The van der Waals surface area contributed by atoms with Crippen molar-refractivity contribution in [2.45, 2.75) is 32.4 Å². The van der Waals surface area contributed by atoms with Gasteiger partial charge in [0.15, 0.2) is 0 Å². The van der Waals surface area contributed by atoms with Crippen LogP contribution in [-0.2, 0) is 4.79 Å². The molecule has 2 atom stereocenters. The first-order valence-electron chi connectivity index (χ1n) is 6.73. The standard InChI is InChI=1S/C15H22N2O2/c1-11-6-4-5-7-14(11)17-9-12(2)16(3)10-13(17)8-15(18)19/h4-7,12-13H,8-10H2,1-3H3,(H,18,19). The largest absolute Gasteiger partial charge is 0.481 e. The molecule has 1 saturated heterocycles. The SMILES string of the molecule is Cc1ccccc1N1CC(C)N(C)CC1CC(=O)O. The molecule has 1 aromatic rings. The molecule has 0 spiro atoms. The second-order valence-corrected chi connectivity index (χ2v) is 5.48. The molecule has 4 nitrogen and oxygen atoms in total.